The third-order valence-electron chi connectivity index (χ3n) is 2.89. The highest BCUT2D eigenvalue weighted by atomic mass is 31.1. The maximum atomic E-state index is 5.66. The summed E-state index contributed by atoms with van der Waals surface area (Å²) in [4.78, 5) is 0. The van der Waals surface area contributed by atoms with E-state index in [9.17, 15) is 0 Å². The molecule has 0 bridgehead atoms. The van der Waals surface area contributed by atoms with Gasteiger partial charge in [0, 0.05) is 5.69 Å². The summed E-state index contributed by atoms with van der Waals surface area (Å²) in [6.45, 7) is 0. The van der Waals surface area contributed by atoms with Crippen molar-refractivity contribution in [2.75, 3.05) is 5.73 Å². The summed E-state index contributed by atoms with van der Waals surface area (Å²) >= 11 is 0. The molecule has 1 aromatic carbocycles. The molecule has 1 aliphatic carbocycles. The van der Waals surface area contributed by atoms with Crippen molar-refractivity contribution in [3.05, 3.63) is 24.3 Å². The molecule has 1 saturated carbocycles. The number of rotatable bonds is 2. The third kappa shape index (κ3) is 2.72. The highest BCUT2D eigenvalue weighted by Gasteiger charge is 2.13. The molecule has 0 radical (unpaired) electrons. The van der Waals surface area contributed by atoms with Crippen LogP contribution in [0.15, 0.2) is 24.3 Å². The zero-order chi connectivity index (χ0) is 9.80. The number of anilines is 1. The first-order chi connectivity index (χ1) is 6.84. The molecule has 1 nitrogen and oxygen atoms in total. The van der Waals surface area contributed by atoms with E-state index in [1.54, 1.807) is 0 Å². The molecule has 2 heteroatoms. The Bertz CT molecular complexity index is 275. The third-order valence-corrected chi connectivity index (χ3v) is 4.54. The van der Waals surface area contributed by atoms with Gasteiger partial charge in [0.1, 0.15) is 0 Å². The van der Waals surface area contributed by atoms with Gasteiger partial charge >= 0.3 is 0 Å². The van der Waals surface area contributed by atoms with Crippen molar-refractivity contribution in [1.29, 1.82) is 0 Å². The van der Waals surface area contributed by atoms with Gasteiger partial charge in [-0.25, -0.2) is 0 Å². The van der Waals surface area contributed by atoms with Crippen LogP contribution >= 0.6 is 8.58 Å². The lowest BCUT2D eigenvalue weighted by Crippen LogP contribution is -2.10. The van der Waals surface area contributed by atoms with Crippen LogP contribution in [0.25, 0.3) is 0 Å². The fraction of sp³-hybridized carbons (Fsp3) is 0.500. The van der Waals surface area contributed by atoms with Crippen molar-refractivity contribution in [2.45, 2.75) is 37.8 Å². The molecule has 1 aliphatic rings. The molecular weight excluding hydrogens is 189 g/mol. The fourth-order valence-corrected chi connectivity index (χ4v) is 3.59. The number of benzene rings is 1. The maximum Gasteiger partial charge on any atom is 0.0314 e. The van der Waals surface area contributed by atoms with E-state index in [0.29, 0.717) is 0 Å². The number of nitrogens with two attached hydrogens (primary N) is 1. The van der Waals surface area contributed by atoms with E-state index in [1.807, 2.05) is 12.1 Å². The van der Waals surface area contributed by atoms with Gasteiger partial charge in [0.2, 0.25) is 0 Å². The van der Waals surface area contributed by atoms with Crippen molar-refractivity contribution in [1.82, 2.24) is 0 Å². The molecule has 0 amide bonds. The van der Waals surface area contributed by atoms with Gasteiger partial charge in [0.15, 0.2) is 0 Å². The quantitative estimate of drug-likeness (QED) is 0.585. The van der Waals surface area contributed by atoms with Crippen LogP contribution in [0.5, 0.6) is 0 Å². The van der Waals surface area contributed by atoms with Gasteiger partial charge in [-0.1, -0.05) is 40.0 Å². The van der Waals surface area contributed by atoms with Gasteiger partial charge in [-0.15, -0.1) is 0 Å². The average Bonchev–Trinajstić information content (AvgIpc) is 2.23. The summed E-state index contributed by atoms with van der Waals surface area (Å²) in [5.74, 6) is 0. The molecule has 1 fully saturated rings. The second-order valence-corrected chi connectivity index (χ2v) is 5.78. The number of hydrogen-bond acceptors (Lipinski definition) is 1. The van der Waals surface area contributed by atoms with Crippen LogP contribution in [-0.4, -0.2) is 5.66 Å². The first-order valence-electron chi connectivity index (χ1n) is 5.47. The van der Waals surface area contributed by atoms with Gasteiger partial charge < -0.3 is 5.73 Å². The molecule has 14 heavy (non-hydrogen) atoms. The Hall–Kier alpha value is -0.550. The first-order valence-corrected chi connectivity index (χ1v) is 6.54. The normalized spacial score (nSPS) is 19.1. The van der Waals surface area contributed by atoms with Crippen molar-refractivity contribution in [3.63, 3.8) is 0 Å². The largest absolute Gasteiger partial charge is 0.399 e. The summed E-state index contributed by atoms with van der Waals surface area (Å²) in [6.07, 6.45) is 7.19. The average molecular weight is 207 g/mol. The minimum Gasteiger partial charge on any atom is -0.399 e. The Morgan fingerprint density at radius 1 is 1.00 bits per heavy atom. The standard InChI is InChI=1S/C12H18NP/c13-10-6-8-12(9-7-10)14-11-4-2-1-3-5-11/h6-9,11,14H,1-5,13H2. The molecule has 0 heterocycles. The predicted molar refractivity (Wildman–Crippen MR) is 65.7 cm³/mol. The van der Waals surface area contributed by atoms with Crippen molar-refractivity contribution < 1.29 is 0 Å². The lowest BCUT2D eigenvalue weighted by Gasteiger charge is -2.21. The van der Waals surface area contributed by atoms with E-state index in [1.165, 1.54) is 37.4 Å². The minimum absolute atomic E-state index is 0.877. The van der Waals surface area contributed by atoms with Crippen LogP contribution in [0.3, 0.4) is 0 Å². The lowest BCUT2D eigenvalue weighted by atomic mass is 10.0. The second kappa shape index (κ2) is 4.79. The Morgan fingerprint density at radius 3 is 2.29 bits per heavy atom. The van der Waals surface area contributed by atoms with E-state index in [2.05, 4.69) is 12.1 Å². The molecule has 0 saturated heterocycles. The smallest absolute Gasteiger partial charge is 0.0314 e. The summed E-state index contributed by atoms with van der Waals surface area (Å²) in [7, 11) is 0.994. The number of hydrogen-bond donors (Lipinski definition) is 1. The molecule has 0 aromatic heterocycles. The van der Waals surface area contributed by atoms with E-state index in [4.69, 9.17) is 5.73 Å². The van der Waals surface area contributed by atoms with Crippen molar-refractivity contribution >= 4 is 19.6 Å². The highest BCUT2D eigenvalue weighted by molar-refractivity contribution is 7.48. The monoisotopic (exact) mass is 207 g/mol. The van der Waals surface area contributed by atoms with E-state index < -0.39 is 0 Å². The Balaban J connectivity index is 1.92. The summed E-state index contributed by atoms with van der Waals surface area (Å²) in [6, 6.07) is 8.40. The molecule has 1 unspecified atom stereocenters. The fourth-order valence-electron chi connectivity index (χ4n) is 2.06. The maximum absolute atomic E-state index is 5.66. The van der Waals surface area contributed by atoms with Crippen LogP contribution in [0.1, 0.15) is 32.1 Å². The Kier molecular flexibility index (Phi) is 3.42. The molecular formula is C12H18NP. The van der Waals surface area contributed by atoms with Gasteiger partial charge in [-0.3, -0.25) is 0 Å². The van der Waals surface area contributed by atoms with Gasteiger partial charge in [-0.05, 0) is 35.9 Å². The van der Waals surface area contributed by atoms with E-state index >= 15 is 0 Å². The molecule has 76 valence electrons. The zero-order valence-corrected chi connectivity index (χ0v) is 9.50. The summed E-state index contributed by atoms with van der Waals surface area (Å²) < 4.78 is 0. The Morgan fingerprint density at radius 2 is 1.64 bits per heavy atom. The molecule has 1 aromatic rings. The molecule has 1 atom stereocenters. The van der Waals surface area contributed by atoms with Gasteiger partial charge in [-0.2, -0.15) is 0 Å². The molecule has 0 spiro atoms. The second-order valence-electron chi connectivity index (χ2n) is 4.10. The molecule has 2 N–H and O–H groups in total. The number of nitrogen functional groups attached to an aromatic ring is 1. The zero-order valence-electron chi connectivity index (χ0n) is 8.50. The summed E-state index contributed by atoms with van der Waals surface area (Å²) in [5, 5.41) is 1.48. The lowest BCUT2D eigenvalue weighted by molar-refractivity contribution is 0.514. The first kappa shape index (κ1) is 9.98. The van der Waals surface area contributed by atoms with Crippen molar-refractivity contribution in [3.8, 4) is 0 Å². The van der Waals surface area contributed by atoms with Crippen LogP contribution < -0.4 is 11.0 Å². The van der Waals surface area contributed by atoms with Crippen LogP contribution in [0.2, 0.25) is 0 Å². The molecule has 0 aliphatic heterocycles. The van der Waals surface area contributed by atoms with E-state index in [-0.39, 0.29) is 0 Å². The topological polar surface area (TPSA) is 26.0 Å². The highest BCUT2D eigenvalue weighted by Crippen LogP contribution is 2.32. The SMILES string of the molecule is Nc1ccc(PC2CCCCC2)cc1. The van der Waals surface area contributed by atoms with Gasteiger partial charge in [0.25, 0.3) is 0 Å². The van der Waals surface area contributed by atoms with E-state index in [0.717, 1.165) is 19.9 Å². The van der Waals surface area contributed by atoms with Crippen LogP contribution in [0.4, 0.5) is 5.69 Å². The van der Waals surface area contributed by atoms with Crippen LogP contribution in [0, 0.1) is 0 Å². The van der Waals surface area contributed by atoms with Gasteiger partial charge in [0.05, 0.1) is 0 Å². The van der Waals surface area contributed by atoms with Crippen LogP contribution in [-0.2, 0) is 0 Å². The molecule has 2 rings (SSSR count). The van der Waals surface area contributed by atoms with Crippen molar-refractivity contribution in [2.24, 2.45) is 0 Å². The Labute approximate surface area is 87.9 Å². The minimum atomic E-state index is 0.877. The predicted octanol–water partition coefficient (Wildman–Crippen LogP) is 2.91. The summed E-state index contributed by atoms with van der Waals surface area (Å²) in [5.41, 5.74) is 7.49.